The fraction of sp³-hybridized carbons (Fsp3) is 0.250. The summed E-state index contributed by atoms with van der Waals surface area (Å²) in [7, 11) is 1.81. The molecule has 6 aromatic rings. The molecule has 3 aliphatic heterocycles. The zero-order valence-corrected chi connectivity index (χ0v) is 31.2. The van der Waals surface area contributed by atoms with E-state index in [-0.39, 0.29) is 23.4 Å². The lowest BCUT2D eigenvalue weighted by atomic mass is 9.81. The standard InChI is InChI=1S/C44H40N8O4/c1-3-33-29-20-37(53)51(2)23-36(29)52(50-33)35-16-7-12-25-19-34(47-21-31(25)35)39-38(26-13-8-14-27-32(26)22-48-43(27)55)30(18-24-10-5-4-6-11-24)41(42(45)54)49-40(39)28-15-9-17-46-44(28)56/h4-8,10-14,16,19,21,28H,3,9,15,17-18,20,22-23H2,1-2H3,(H2,45,54)(H,46,56)(H,48,55). The van der Waals surface area contributed by atoms with Crippen LogP contribution in [0.1, 0.15) is 85.9 Å². The lowest BCUT2D eigenvalue weighted by Gasteiger charge is -2.28. The van der Waals surface area contributed by atoms with Gasteiger partial charge in [0.15, 0.2) is 0 Å². The second kappa shape index (κ2) is 13.9. The topological polar surface area (TPSA) is 165 Å². The number of aromatic nitrogens is 4. The monoisotopic (exact) mass is 744 g/mol. The van der Waals surface area contributed by atoms with Gasteiger partial charge in [0, 0.05) is 54.8 Å². The van der Waals surface area contributed by atoms with Gasteiger partial charge in [-0.25, -0.2) is 9.67 Å². The van der Waals surface area contributed by atoms with Gasteiger partial charge in [0.25, 0.3) is 11.8 Å². The maximum absolute atomic E-state index is 13.7. The third kappa shape index (κ3) is 5.80. The molecule has 4 N–H and O–H groups in total. The smallest absolute Gasteiger partial charge is 0.267 e. The van der Waals surface area contributed by atoms with Gasteiger partial charge in [0.2, 0.25) is 11.8 Å². The summed E-state index contributed by atoms with van der Waals surface area (Å²) < 4.78 is 1.95. The molecule has 0 radical (unpaired) electrons. The number of carbonyl (C=O) groups is 4. The van der Waals surface area contributed by atoms with Crippen LogP contribution in [0.25, 0.3) is 38.8 Å². The number of benzene rings is 3. The molecule has 4 amide bonds. The van der Waals surface area contributed by atoms with Gasteiger partial charge in [-0.2, -0.15) is 5.10 Å². The first-order valence-corrected chi connectivity index (χ1v) is 19.0. The minimum atomic E-state index is -0.708. The van der Waals surface area contributed by atoms with Crippen LogP contribution in [0.2, 0.25) is 0 Å². The van der Waals surface area contributed by atoms with Crippen molar-refractivity contribution in [3.05, 3.63) is 130 Å². The highest BCUT2D eigenvalue weighted by molar-refractivity contribution is 6.05. The van der Waals surface area contributed by atoms with Crippen LogP contribution >= 0.6 is 0 Å². The van der Waals surface area contributed by atoms with Crippen molar-refractivity contribution in [1.82, 2.24) is 35.3 Å². The number of primary amides is 1. The molecule has 1 unspecified atom stereocenters. The van der Waals surface area contributed by atoms with E-state index < -0.39 is 11.8 Å². The van der Waals surface area contributed by atoms with Gasteiger partial charge in [-0.3, -0.25) is 24.2 Å². The number of rotatable bonds is 8. The van der Waals surface area contributed by atoms with Crippen molar-refractivity contribution in [1.29, 1.82) is 0 Å². The molecule has 1 atom stereocenters. The third-order valence-corrected chi connectivity index (χ3v) is 11.4. The minimum Gasteiger partial charge on any atom is -0.364 e. The van der Waals surface area contributed by atoms with E-state index in [4.69, 9.17) is 20.8 Å². The van der Waals surface area contributed by atoms with E-state index in [1.807, 2.05) is 91.6 Å². The Balaban J connectivity index is 1.34. The molecular weight excluding hydrogens is 705 g/mol. The van der Waals surface area contributed by atoms with Crippen molar-refractivity contribution in [2.75, 3.05) is 13.6 Å². The Kier molecular flexibility index (Phi) is 8.68. The third-order valence-electron chi connectivity index (χ3n) is 11.4. The molecule has 9 rings (SSSR count). The second-order valence-electron chi connectivity index (χ2n) is 14.7. The molecule has 6 heterocycles. The van der Waals surface area contributed by atoms with Crippen LogP contribution in [0.5, 0.6) is 0 Å². The predicted octanol–water partition coefficient (Wildman–Crippen LogP) is 5.15. The number of fused-ring (bicyclic) bond motifs is 3. The van der Waals surface area contributed by atoms with Crippen molar-refractivity contribution in [2.45, 2.75) is 58.0 Å². The van der Waals surface area contributed by atoms with Crippen LogP contribution in [0.3, 0.4) is 0 Å². The Hall–Kier alpha value is -6.69. The lowest BCUT2D eigenvalue weighted by Crippen LogP contribution is -2.36. The van der Waals surface area contributed by atoms with Gasteiger partial charge in [0.05, 0.1) is 47.3 Å². The van der Waals surface area contributed by atoms with Gasteiger partial charge >= 0.3 is 0 Å². The summed E-state index contributed by atoms with van der Waals surface area (Å²) in [5.74, 6) is -1.67. The number of nitrogens with one attached hydrogen (secondary N) is 2. The van der Waals surface area contributed by atoms with Crippen LogP contribution in [-0.4, -0.2) is 61.9 Å². The Morgan fingerprint density at radius 3 is 2.54 bits per heavy atom. The molecule has 0 bridgehead atoms. The molecule has 3 aromatic heterocycles. The van der Waals surface area contributed by atoms with E-state index in [0.717, 1.165) is 56.5 Å². The normalized spacial score (nSPS) is 16.4. The van der Waals surface area contributed by atoms with E-state index in [0.29, 0.717) is 79.0 Å². The van der Waals surface area contributed by atoms with Crippen LogP contribution in [0, 0.1) is 0 Å². The molecule has 0 saturated carbocycles. The number of pyridine rings is 2. The van der Waals surface area contributed by atoms with Crippen molar-refractivity contribution in [3.8, 4) is 28.1 Å². The molecule has 280 valence electrons. The van der Waals surface area contributed by atoms with Crippen molar-refractivity contribution >= 4 is 34.4 Å². The Morgan fingerprint density at radius 1 is 0.946 bits per heavy atom. The fourth-order valence-corrected chi connectivity index (χ4v) is 8.61. The summed E-state index contributed by atoms with van der Waals surface area (Å²) in [6, 6.07) is 23.4. The van der Waals surface area contributed by atoms with E-state index in [1.165, 1.54) is 0 Å². The molecule has 56 heavy (non-hydrogen) atoms. The number of piperidine rings is 1. The Bertz CT molecular complexity index is 2630. The first kappa shape index (κ1) is 35.0. The zero-order valence-electron chi connectivity index (χ0n) is 31.2. The number of hydrogen-bond donors (Lipinski definition) is 3. The van der Waals surface area contributed by atoms with Crippen LogP contribution in [-0.2, 0) is 41.9 Å². The molecule has 1 fully saturated rings. The fourth-order valence-electron chi connectivity index (χ4n) is 8.61. The van der Waals surface area contributed by atoms with E-state index in [1.54, 1.807) is 11.0 Å². The average Bonchev–Trinajstić information content (AvgIpc) is 3.77. The Morgan fingerprint density at radius 2 is 1.75 bits per heavy atom. The number of likely N-dealkylation sites (N-methyl/N-ethyl adjacent to an activating group) is 1. The van der Waals surface area contributed by atoms with Crippen molar-refractivity contribution < 1.29 is 19.2 Å². The van der Waals surface area contributed by atoms with Crippen molar-refractivity contribution in [2.24, 2.45) is 5.73 Å². The molecule has 12 nitrogen and oxygen atoms in total. The minimum absolute atomic E-state index is 0.0704. The number of nitrogens with zero attached hydrogens (tertiary/aromatic N) is 5. The van der Waals surface area contributed by atoms with Crippen molar-refractivity contribution in [3.63, 3.8) is 0 Å². The summed E-state index contributed by atoms with van der Waals surface area (Å²) >= 11 is 0. The zero-order chi connectivity index (χ0) is 38.7. The summed E-state index contributed by atoms with van der Waals surface area (Å²) in [5.41, 5.74) is 15.8. The molecule has 0 spiro atoms. The molecule has 3 aromatic carbocycles. The van der Waals surface area contributed by atoms with Gasteiger partial charge in [0.1, 0.15) is 5.69 Å². The van der Waals surface area contributed by atoms with Crippen LogP contribution in [0.15, 0.2) is 79.0 Å². The second-order valence-corrected chi connectivity index (χ2v) is 14.7. The summed E-state index contributed by atoms with van der Waals surface area (Å²) in [4.78, 5) is 64.9. The lowest BCUT2D eigenvalue weighted by molar-refractivity contribution is -0.130. The van der Waals surface area contributed by atoms with E-state index >= 15 is 0 Å². The quantitative estimate of drug-likeness (QED) is 0.194. The van der Waals surface area contributed by atoms with Crippen LogP contribution < -0.4 is 16.4 Å². The largest absolute Gasteiger partial charge is 0.364 e. The Labute approximate surface area is 323 Å². The highest BCUT2D eigenvalue weighted by Crippen LogP contribution is 2.45. The van der Waals surface area contributed by atoms with Gasteiger partial charge < -0.3 is 21.3 Å². The first-order chi connectivity index (χ1) is 27.2. The molecule has 1 saturated heterocycles. The number of hydrogen-bond acceptors (Lipinski definition) is 7. The summed E-state index contributed by atoms with van der Waals surface area (Å²) in [6.45, 7) is 3.33. The molecule has 12 heteroatoms. The molecular formula is C44H40N8O4. The molecule has 0 aliphatic carbocycles. The number of carbonyl (C=O) groups excluding carboxylic acids is 4. The van der Waals surface area contributed by atoms with E-state index in [2.05, 4.69) is 10.6 Å². The number of aryl methyl sites for hydroxylation is 1. The highest BCUT2D eigenvalue weighted by atomic mass is 16.2. The van der Waals surface area contributed by atoms with Gasteiger partial charge in [-0.15, -0.1) is 0 Å². The van der Waals surface area contributed by atoms with Gasteiger partial charge in [-0.1, -0.05) is 61.5 Å². The number of amides is 4. The summed E-state index contributed by atoms with van der Waals surface area (Å²) in [6.07, 6.45) is 4.40. The maximum Gasteiger partial charge on any atom is 0.267 e. The SMILES string of the molecule is CCc1nn(-c2cccc3cc(-c4c(C5CCCNC5=O)nc(C(N)=O)c(Cc5ccccc5)c4-c4cccc5c4CNC5=O)ncc23)c2c1CC(=O)N(C)C2. The predicted molar refractivity (Wildman–Crippen MR) is 211 cm³/mol. The number of nitrogens with two attached hydrogens (primary N) is 1. The van der Waals surface area contributed by atoms with Crippen LogP contribution in [0.4, 0.5) is 0 Å². The van der Waals surface area contributed by atoms with E-state index in [9.17, 15) is 19.2 Å². The first-order valence-electron chi connectivity index (χ1n) is 19.0. The van der Waals surface area contributed by atoms with Gasteiger partial charge in [-0.05, 0) is 70.7 Å². The summed E-state index contributed by atoms with van der Waals surface area (Å²) in [5, 5.41) is 12.7. The highest BCUT2D eigenvalue weighted by Gasteiger charge is 2.35. The average molecular weight is 745 g/mol. The maximum atomic E-state index is 13.7. The molecule has 3 aliphatic rings.